The standard InChI is InChI=1S/C11H14ClNO5S/c1-13(5-6-18-2)19(16,17)8-3-4-9(11(14)15)10(12)7-8/h3-4,7H,5-6H2,1-2H3,(H,14,15). The van der Waals surface area contributed by atoms with E-state index in [1.807, 2.05) is 0 Å². The molecule has 19 heavy (non-hydrogen) atoms. The number of nitrogens with zero attached hydrogens (tertiary/aromatic N) is 1. The Hall–Kier alpha value is -1.15. The number of methoxy groups -OCH3 is 1. The molecule has 0 aliphatic rings. The number of carboxylic acids is 1. The summed E-state index contributed by atoms with van der Waals surface area (Å²) in [5.74, 6) is -1.21. The van der Waals surface area contributed by atoms with Crippen LogP contribution in [0.25, 0.3) is 0 Å². The van der Waals surface area contributed by atoms with Gasteiger partial charge in [0.25, 0.3) is 0 Å². The Morgan fingerprint density at radius 1 is 1.47 bits per heavy atom. The number of hydrogen-bond acceptors (Lipinski definition) is 4. The van der Waals surface area contributed by atoms with Gasteiger partial charge in [0.15, 0.2) is 0 Å². The highest BCUT2D eigenvalue weighted by atomic mass is 35.5. The predicted molar refractivity (Wildman–Crippen MR) is 70.1 cm³/mol. The van der Waals surface area contributed by atoms with Gasteiger partial charge in [0.1, 0.15) is 0 Å². The van der Waals surface area contributed by atoms with Gasteiger partial charge in [-0.15, -0.1) is 0 Å². The van der Waals surface area contributed by atoms with E-state index in [0.717, 1.165) is 10.4 Å². The Bertz CT molecular complexity index is 572. The number of sulfonamides is 1. The lowest BCUT2D eigenvalue weighted by atomic mass is 10.2. The lowest BCUT2D eigenvalue weighted by Crippen LogP contribution is -2.30. The molecule has 0 spiro atoms. The topological polar surface area (TPSA) is 83.9 Å². The van der Waals surface area contributed by atoms with Crippen molar-refractivity contribution < 1.29 is 23.1 Å². The first-order chi connectivity index (χ1) is 8.80. The minimum atomic E-state index is -3.70. The van der Waals surface area contributed by atoms with E-state index in [-0.39, 0.29) is 28.6 Å². The molecule has 8 heteroatoms. The van der Waals surface area contributed by atoms with Gasteiger partial charge in [-0.3, -0.25) is 0 Å². The van der Waals surface area contributed by atoms with Crippen molar-refractivity contribution in [2.75, 3.05) is 27.3 Å². The van der Waals surface area contributed by atoms with E-state index in [9.17, 15) is 13.2 Å². The van der Waals surface area contributed by atoms with Crippen molar-refractivity contribution in [1.29, 1.82) is 0 Å². The summed E-state index contributed by atoms with van der Waals surface area (Å²) in [5, 5.41) is 8.71. The van der Waals surface area contributed by atoms with Crippen molar-refractivity contribution in [3.8, 4) is 0 Å². The lowest BCUT2D eigenvalue weighted by molar-refractivity contribution is 0.0697. The van der Waals surface area contributed by atoms with Gasteiger partial charge in [0.2, 0.25) is 10.0 Å². The minimum absolute atomic E-state index is 0.0545. The predicted octanol–water partition coefficient (Wildman–Crippen LogP) is 1.31. The average molecular weight is 308 g/mol. The average Bonchev–Trinajstić information content (AvgIpc) is 2.35. The molecule has 0 aliphatic heterocycles. The summed E-state index contributed by atoms with van der Waals surface area (Å²) in [7, 11) is -0.819. The van der Waals surface area contributed by atoms with Crippen molar-refractivity contribution in [2.45, 2.75) is 4.90 Å². The van der Waals surface area contributed by atoms with Crippen LogP contribution in [-0.2, 0) is 14.8 Å². The van der Waals surface area contributed by atoms with E-state index < -0.39 is 16.0 Å². The Morgan fingerprint density at radius 3 is 2.58 bits per heavy atom. The van der Waals surface area contributed by atoms with Crippen LogP contribution in [0, 0.1) is 0 Å². The normalized spacial score (nSPS) is 11.8. The number of carbonyl (C=O) groups is 1. The lowest BCUT2D eigenvalue weighted by Gasteiger charge is -2.17. The highest BCUT2D eigenvalue weighted by Crippen LogP contribution is 2.22. The maximum Gasteiger partial charge on any atom is 0.337 e. The fourth-order valence-corrected chi connectivity index (χ4v) is 2.86. The van der Waals surface area contributed by atoms with Crippen LogP contribution in [0.1, 0.15) is 10.4 Å². The highest BCUT2D eigenvalue weighted by Gasteiger charge is 2.22. The van der Waals surface area contributed by atoms with Crippen molar-refractivity contribution in [3.05, 3.63) is 28.8 Å². The molecule has 0 saturated carbocycles. The Kier molecular flexibility index (Phi) is 5.30. The molecule has 0 atom stereocenters. The fourth-order valence-electron chi connectivity index (χ4n) is 1.35. The Balaban J connectivity index is 3.09. The van der Waals surface area contributed by atoms with E-state index in [1.54, 1.807) is 0 Å². The van der Waals surface area contributed by atoms with E-state index in [0.29, 0.717) is 0 Å². The van der Waals surface area contributed by atoms with Crippen LogP contribution in [0.2, 0.25) is 5.02 Å². The molecule has 0 fully saturated rings. The highest BCUT2D eigenvalue weighted by molar-refractivity contribution is 7.89. The summed E-state index contributed by atoms with van der Waals surface area (Å²) < 4.78 is 30.2. The van der Waals surface area contributed by atoms with E-state index in [4.69, 9.17) is 21.4 Å². The molecular weight excluding hydrogens is 294 g/mol. The number of halogens is 1. The van der Waals surface area contributed by atoms with Gasteiger partial charge in [0.05, 0.1) is 22.1 Å². The molecule has 106 valence electrons. The van der Waals surface area contributed by atoms with E-state index >= 15 is 0 Å². The van der Waals surface area contributed by atoms with Gasteiger partial charge in [-0.25, -0.2) is 13.2 Å². The zero-order chi connectivity index (χ0) is 14.6. The molecule has 0 radical (unpaired) electrons. The molecule has 0 bridgehead atoms. The summed E-state index contributed by atoms with van der Waals surface area (Å²) in [6.07, 6.45) is 0. The summed E-state index contributed by atoms with van der Waals surface area (Å²) in [6, 6.07) is 3.51. The number of hydrogen-bond donors (Lipinski definition) is 1. The van der Waals surface area contributed by atoms with Crippen molar-refractivity contribution >= 4 is 27.6 Å². The van der Waals surface area contributed by atoms with Gasteiger partial charge in [-0.05, 0) is 18.2 Å². The fraction of sp³-hybridized carbons (Fsp3) is 0.364. The van der Waals surface area contributed by atoms with Crippen molar-refractivity contribution in [1.82, 2.24) is 4.31 Å². The summed E-state index contributed by atoms with van der Waals surface area (Å²) in [4.78, 5) is 10.7. The molecule has 0 heterocycles. The first kappa shape index (κ1) is 15.9. The number of benzene rings is 1. The largest absolute Gasteiger partial charge is 0.478 e. The zero-order valence-corrected chi connectivity index (χ0v) is 12.0. The molecule has 1 rings (SSSR count). The molecule has 1 aromatic carbocycles. The summed E-state index contributed by atoms with van der Waals surface area (Å²) in [6.45, 7) is 0.452. The third-order valence-corrected chi connectivity index (χ3v) is 4.66. The van der Waals surface area contributed by atoms with Gasteiger partial charge in [0, 0.05) is 20.7 Å². The number of likely N-dealkylation sites (N-methyl/N-ethyl adjacent to an activating group) is 1. The van der Waals surface area contributed by atoms with Crippen LogP contribution < -0.4 is 0 Å². The van der Waals surface area contributed by atoms with Crippen LogP contribution in [0.5, 0.6) is 0 Å². The summed E-state index contributed by atoms with van der Waals surface area (Å²) in [5.41, 5.74) is -0.139. The SMILES string of the molecule is COCCN(C)S(=O)(=O)c1ccc(C(=O)O)c(Cl)c1. The third kappa shape index (κ3) is 3.66. The second-order valence-electron chi connectivity index (χ2n) is 3.77. The second kappa shape index (κ2) is 6.33. The van der Waals surface area contributed by atoms with Crippen LogP contribution >= 0.6 is 11.6 Å². The first-order valence-corrected chi connectivity index (χ1v) is 7.10. The van der Waals surface area contributed by atoms with Gasteiger partial charge in [-0.2, -0.15) is 4.31 Å². The van der Waals surface area contributed by atoms with Gasteiger partial charge < -0.3 is 9.84 Å². The maximum atomic E-state index is 12.1. The van der Waals surface area contributed by atoms with Crippen LogP contribution in [-0.4, -0.2) is 51.1 Å². The van der Waals surface area contributed by atoms with Crippen molar-refractivity contribution in [2.24, 2.45) is 0 Å². The smallest absolute Gasteiger partial charge is 0.337 e. The second-order valence-corrected chi connectivity index (χ2v) is 6.22. The third-order valence-electron chi connectivity index (χ3n) is 2.49. The number of ether oxygens (including phenoxy) is 1. The molecule has 0 unspecified atom stereocenters. The van der Waals surface area contributed by atoms with Gasteiger partial charge >= 0.3 is 5.97 Å². The Morgan fingerprint density at radius 2 is 2.11 bits per heavy atom. The molecule has 1 N–H and O–H groups in total. The van der Waals surface area contributed by atoms with Crippen LogP contribution in [0.4, 0.5) is 0 Å². The maximum absolute atomic E-state index is 12.1. The molecule has 6 nitrogen and oxygen atoms in total. The molecule has 0 saturated heterocycles. The van der Waals surface area contributed by atoms with E-state index in [1.165, 1.54) is 26.3 Å². The van der Waals surface area contributed by atoms with Crippen LogP contribution in [0.3, 0.4) is 0 Å². The molecule has 0 aromatic heterocycles. The number of carboxylic acid groups (broad SMARTS) is 1. The minimum Gasteiger partial charge on any atom is -0.478 e. The first-order valence-electron chi connectivity index (χ1n) is 5.29. The summed E-state index contributed by atoms with van der Waals surface area (Å²) >= 11 is 5.75. The molecule has 0 aliphatic carbocycles. The number of rotatable bonds is 6. The monoisotopic (exact) mass is 307 g/mol. The molecule has 0 amide bonds. The Labute approximate surface area is 116 Å². The van der Waals surface area contributed by atoms with Crippen molar-refractivity contribution in [3.63, 3.8) is 0 Å². The molecular formula is C11H14ClNO5S. The molecule has 1 aromatic rings. The van der Waals surface area contributed by atoms with Gasteiger partial charge in [-0.1, -0.05) is 11.6 Å². The quantitative estimate of drug-likeness (QED) is 0.856. The zero-order valence-electron chi connectivity index (χ0n) is 10.5. The van der Waals surface area contributed by atoms with Crippen LogP contribution in [0.15, 0.2) is 23.1 Å². The number of aromatic carboxylic acids is 1. The van der Waals surface area contributed by atoms with E-state index in [2.05, 4.69) is 0 Å².